The summed E-state index contributed by atoms with van der Waals surface area (Å²) in [7, 11) is -2.37. The van der Waals surface area contributed by atoms with Gasteiger partial charge in [-0.2, -0.15) is 15.5 Å². The summed E-state index contributed by atoms with van der Waals surface area (Å²) in [5.41, 5.74) is 5.93. The van der Waals surface area contributed by atoms with Gasteiger partial charge in [0.1, 0.15) is 53.6 Å². The molecule has 0 aromatic carbocycles. The van der Waals surface area contributed by atoms with Crippen molar-refractivity contribution in [2.75, 3.05) is 13.2 Å². The third kappa shape index (κ3) is 12.3. The van der Waals surface area contributed by atoms with Crippen molar-refractivity contribution < 1.29 is 9.47 Å². The maximum absolute atomic E-state index is 13.6. The van der Waals surface area contributed by atoms with Gasteiger partial charge in [-0.1, -0.05) is 77.8 Å². The van der Waals surface area contributed by atoms with Crippen molar-refractivity contribution >= 4 is 61.4 Å². The molecule has 8 aromatic rings. The number of aromatic nitrogens is 12. The van der Waals surface area contributed by atoms with Crippen molar-refractivity contribution in [1.29, 1.82) is 10.5 Å². The Hall–Kier alpha value is -6.30. The highest BCUT2D eigenvalue weighted by molar-refractivity contribution is 6.76. The Morgan fingerprint density at radius 1 is 0.648 bits per heavy atom. The molecule has 8 heterocycles. The van der Waals surface area contributed by atoms with Gasteiger partial charge in [-0.25, -0.2) is 34.5 Å². The summed E-state index contributed by atoms with van der Waals surface area (Å²) in [6.07, 6.45) is 23.0. The average Bonchev–Trinajstić information content (AvgIpc) is 4.13. The van der Waals surface area contributed by atoms with E-state index in [4.69, 9.17) is 31.3 Å². The van der Waals surface area contributed by atoms with E-state index in [-0.39, 0.29) is 42.2 Å². The van der Waals surface area contributed by atoms with Gasteiger partial charge < -0.3 is 13.9 Å². The maximum Gasteiger partial charge on any atom is 0.332 e. The fourth-order valence-corrected chi connectivity index (χ4v) is 10.7. The van der Waals surface area contributed by atoms with E-state index in [9.17, 15) is 14.9 Å². The monoisotopic (exact) mass is 1010 g/mol. The van der Waals surface area contributed by atoms with Gasteiger partial charge in [0.25, 0.3) is 0 Å². The summed E-state index contributed by atoms with van der Waals surface area (Å²) >= 11 is 5.99. The van der Waals surface area contributed by atoms with Crippen LogP contribution < -0.4 is 11.4 Å². The molecule has 71 heavy (non-hydrogen) atoms. The zero-order chi connectivity index (χ0) is 50.3. The average molecular weight is 1020 g/mol. The van der Waals surface area contributed by atoms with Crippen molar-refractivity contribution in [1.82, 2.24) is 57.0 Å². The Kier molecular flexibility index (Phi) is 16.1. The molecule has 0 spiro atoms. The van der Waals surface area contributed by atoms with Crippen LogP contribution in [-0.4, -0.2) is 86.3 Å². The lowest BCUT2D eigenvalue weighted by atomic mass is 9.95. The molecule has 0 amide bonds. The number of pyridine rings is 2. The van der Waals surface area contributed by atoms with E-state index in [0.29, 0.717) is 63.8 Å². The predicted octanol–water partition coefficient (Wildman–Crippen LogP) is 9.87. The smallest absolute Gasteiger partial charge is 0.332 e. The summed E-state index contributed by atoms with van der Waals surface area (Å²) in [6, 6.07) is 13.8. The van der Waals surface area contributed by atoms with Crippen molar-refractivity contribution in [2.24, 2.45) is 0 Å². The van der Waals surface area contributed by atoms with Crippen molar-refractivity contribution in [3.63, 3.8) is 0 Å². The SMILES string of the molecule is C[Si](C)(C)CCOCn1c(=O)n(C2CCCCC2)c2nc(-c3cnc4ccc(C#N)cn34)ncc21.C[Si](C)(C)CCOCn1c(=O)n(C2CCCCC2)c2nc(Cl)ncc21.N#Cc1ccc2nccn2c1. The van der Waals surface area contributed by atoms with Crippen LogP contribution in [0.1, 0.15) is 87.4 Å². The Morgan fingerprint density at radius 3 is 1.72 bits per heavy atom. The van der Waals surface area contributed by atoms with E-state index >= 15 is 0 Å². The first-order valence-electron chi connectivity index (χ1n) is 24.6. The lowest BCUT2D eigenvalue weighted by molar-refractivity contribution is 0.0866. The Bertz CT molecular complexity index is 3330. The van der Waals surface area contributed by atoms with Crippen LogP contribution in [0.25, 0.3) is 45.1 Å². The molecule has 2 aliphatic rings. The van der Waals surface area contributed by atoms with Crippen LogP contribution in [-0.2, 0) is 22.9 Å². The molecule has 372 valence electrons. The molecule has 0 N–H and O–H groups in total. The van der Waals surface area contributed by atoms with Crippen LogP contribution >= 0.6 is 11.6 Å². The minimum absolute atomic E-state index is 0.0635. The molecule has 0 radical (unpaired) electrons. The zero-order valence-electron chi connectivity index (χ0n) is 41.6. The molecule has 8 aromatic heterocycles. The van der Waals surface area contributed by atoms with Gasteiger partial charge in [0.15, 0.2) is 17.1 Å². The van der Waals surface area contributed by atoms with Crippen molar-refractivity contribution in [2.45, 2.75) is 141 Å². The fraction of sp³-hybridized carbons (Fsp3) is 0.480. The third-order valence-corrected chi connectivity index (χ3v) is 16.7. The molecule has 0 saturated heterocycles. The molecular weight excluding hydrogens is 952 g/mol. The molecule has 10 rings (SSSR count). The molecule has 0 atom stereocenters. The highest BCUT2D eigenvalue weighted by Crippen LogP contribution is 2.32. The summed E-state index contributed by atoms with van der Waals surface area (Å²) in [5, 5.41) is 18.0. The Morgan fingerprint density at radius 2 is 1.17 bits per heavy atom. The standard InChI is InChI=1S/C25H31N7O2Si.C17H27ClN4O2Si.C8H5N3/c1-35(2,3)12-11-34-17-31-21-15-28-23(20-14-27-22-10-9-18(13-26)16-30(20)22)29-24(21)32(25(31)33)19-7-5-4-6-8-19;1-25(2,3)10-9-24-12-21-14-11-19-16(18)20-15(14)22(17(21)23)13-7-5-4-6-8-13;9-5-7-1-2-8-10-3-4-11(8)6-7/h9-10,14-16,19H,4-8,11-12,17H2,1-3H3;11,13H,4-10,12H2,1-3H3;1-4,6H. The number of hydrogen-bond acceptors (Lipinski definition) is 12. The number of imidazole rings is 4. The van der Waals surface area contributed by atoms with Crippen LogP contribution in [0.4, 0.5) is 0 Å². The van der Waals surface area contributed by atoms with Crippen molar-refractivity contribution in [3.05, 3.63) is 105 Å². The number of ether oxygens (including phenoxy) is 2. The zero-order valence-corrected chi connectivity index (χ0v) is 44.3. The maximum atomic E-state index is 13.6. The first-order valence-corrected chi connectivity index (χ1v) is 32.4. The lowest BCUT2D eigenvalue weighted by Crippen LogP contribution is -2.30. The molecule has 2 saturated carbocycles. The van der Waals surface area contributed by atoms with Crippen LogP contribution in [0, 0.1) is 22.7 Å². The summed E-state index contributed by atoms with van der Waals surface area (Å²) in [6.45, 7) is 15.6. The Labute approximate surface area is 419 Å². The highest BCUT2D eigenvalue weighted by Gasteiger charge is 2.27. The second kappa shape index (κ2) is 22.4. The molecule has 21 heteroatoms. The van der Waals surface area contributed by atoms with E-state index in [0.717, 1.165) is 69.1 Å². The number of fused-ring (bicyclic) bond motifs is 4. The van der Waals surface area contributed by atoms with Gasteiger partial charge >= 0.3 is 11.4 Å². The number of halogens is 1. The number of nitrogens with zero attached hydrogens (tertiary/aromatic N) is 14. The van der Waals surface area contributed by atoms with E-state index in [1.807, 2.05) is 30.2 Å². The minimum atomic E-state index is -1.22. The van der Waals surface area contributed by atoms with Gasteiger partial charge in [0, 0.05) is 66.2 Å². The molecule has 0 bridgehead atoms. The topological polar surface area (TPSA) is 206 Å². The van der Waals surface area contributed by atoms with Crippen molar-refractivity contribution in [3.8, 4) is 23.7 Å². The van der Waals surface area contributed by atoms with Gasteiger partial charge in [0.2, 0.25) is 5.28 Å². The van der Waals surface area contributed by atoms with Crippen LogP contribution in [0.5, 0.6) is 0 Å². The first-order chi connectivity index (χ1) is 34.1. The molecule has 0 aliphatic heterocycles. The van der Waals surface area contributed by atoms with Gasteiger partial charge in [0.05, 0.1) is 29.7 Å². The van der Waals surface area contributed by atoms with E-state index < -0.39 is 16.1 Å². The molecule has 2 aliphatic carbocycles. The van der Waals surface area contributed by atoms with E-state index in [2.05, 4.69) is 76.3 Å². The summed E-state index contributed by atoms with van der Waals surface area (Å²) in [4.78, 5) is 53.0. The summed E-state index contributed by atoms with van der Waals surface area (Å²) < 4.78 is 22.4. The predicted molar refractivity (Wildman–Crippen MR) is 280 cm³/mol. The first kappa shape index (κ1) is 51.1. The van der Waals surface area contributed by atoms with Gasteiger partial charge in [-0.05, 0) is 73.6 Å². The van der Waals surface area contributed by atoms with Gasteiger partial charge in [-0.3, -0.25) is 22.7 Å². The van der Waals surface area contributed by atoms with Crippen LogP contribution in [0.15, 0.2) is 77.2 Å². The molecule has 0 unspecified atom stereocenters. The summed E-state index contributed by atoms with van der Waals surface area (Å²) in [5.74, 6) is 0.474. The molecule has 18 nitrogen and oxygen atoms in total. The number of hydrogen-bond donors (Lipinski definition) is 0. The Balaban J connectivity index is 0.000000162. The highest BCUT2D eigenvalue weighted by atomic mass is 35.5. The fourth-order valence-electron chi connectivity index (χ4n) is 9.07. The molecule has 2 fully saturated rings. The lowest BCUT2D eigenvalue weighted by Gasteiger charge is -2.22. The quantitative estimate of drug-likeness (QED) is 0.0601. The van der Waals surface area contributed by atoms with E-state index in [1.165, 1.54) is 12.8 Å². The normalized spacial score (nSPS) is 14.8. The number of nitriles is 2. The largest absolute Gasteiger partial charge is 0.361 e. The minimum Gasteiger partial charge on any atom is -0.361 e. The van der Waals surface area contributed by atoms with Crippen LogP contribution in [0.2, 0.25) is 56.7 Å². The van der Waals surface area contributed by atoms with Gasteiger partial charge in [-0.15, -0.1) is 0 Å². The number of rotatable bonds is 13. The second-order valence-electron chi connectivity index (χ2n) is 20.8. The third-order valence-electron chi connectivity index (χ3n) is 13.1. The van der Waals surface area contributed by atoms with E-state index in [1.54, 1.807) is 64.5 Å². The second-order valence-corrected chi connectivity index (χ2v) is 32.4. The van der Waals surface area contributed by atoms with Crippen LogP contribution in [0.3, 0.4) is 0 Å². The molecular formula is C50H63ClN14O4Si2.